The third-order valence-corrected chi connectivity index (χ3v) is 6.70. The summed E-state index contributed by atoms with van der Waals surface area (Å²) < 4.78 is 45.2. The zero-order valence-corrected chi connectivity index (χ0v) is 22.6. The summed E-state index contributed by atoms with van der Waals surface area (Å²) in [7, 11) is -4.16. The molecule has 0 saturated carbocycles. The minimum absolute atomic E-state index is 0.0212. The number of nitrogens with one attached hydrogen (secondary N) is 1. The summed E-state index contributed by atoms with van der Waals surface area (Å²) in [6.07, 6.45) is -4.39. The number of ether oxygens (including phenoxy) is 3. The number of esters is 1. The average molecular weight is 562 g/mol. The molecular weight excluding hydrogens is 526 g/mol. The predicted molar refractivity (Wildman–Crippen MR) is 133 cm³/mol. The molecule has 1 aromatic rings. The molecule has 13 nitrogen and oxygen atoms in total. The zero-order chi connectivity index (χ0) is 28.9. The Kier molecular flexibility index (Phi) is 13.2. The smallest absolute Gasteiger partial charge is 0.479 e. The quantitative estimate of drug-likeness (QED) is 0.115. The van der Waals surface area contributed by atoms with Crippen molar-refractivity contribution < 1.29 is 56.2 Å². The summed E-state index contributed by atoms with van der Waals surface area (Å²) >= 11 is 0. The van der Waals surface area contributed by atoms with E-state index in [4.69, 9.17) is 18.4 Å². The van der Waals surface area contributed by atoms with Gasteiger partial charge in [-0.25, -0.2) is 14.4 Å². The molecule has 0 fully saturated rings. The van der Waals surface area contributed by atoms with E-state index in [0.29, 0.717) is 0 Å². The summed E-state index contributed by atoms with van der Waals surface area (Å²) in [5, 5.41) is 21.9. The van der Waals surface area contributed by atoms with Crippen LogP contribution in [0.4, 0.5) is 4.79 Å². The van der Waals surface area contributed by atoms with Crippen LogP contribution >= 0.6 is 0 Å². The van der Waals surface area contributed by atoms with Crippen LogP contribution in [0.15, 0.2) is 24.3 Å². The van der Waals surface area contributed by atoms with Gasteiger partial charge in [-0.15, -0.1) is 0 Å². The molecular formula is C24H35NO12S. The fourth-order valence-corrected chi connectivity index (χ4v) is 4.55. The number of benzene rings is 1. The van der Waals surface area contributed by atoms with Crippen molar-refractivity contribution in [1.29, 1.82) is 0 Å². The van der Waals surface area contributed by atoms with Gasteiger partial charge in [0.2, 0.25) is 5.91 Å². The van der Waals surface area contributed by atoms with Gasteiger partial charge >= 0.3 is 18.1 Å². The van der Waals surface area contributed by atoms with Crippen LogP contribution in [0.2, 0.25) is 0 Å². The molecule has 0 saturated heterocycles. The maximum absolute atomic E-state index is 12.5. The first-order valence-corrected chi connectivity index (χ1v) is 13.5. The molecule has 0 aliphatic rings. The number of carbonyl (C=O) groups excluding carboxylic acids is 3. The second-order valence-corrected chi connectivity index (χ2v) is 10.5. The lowest BCUT2D eigenvalue weighted by atomic mass is 9.79. The van der Waals surface area contributed by atoms with E-state index in [2.05, 4.69) is 5.32 Å². The lowest BCUT2D eigenvalue weighted by molar-refractivity contribution is -0.158. The number of aliphatic hydroxyl groups is 1. The Balaban J connectivity index is 2.80. The van der Waals surface area contributed by atoms with E-state index in [0.717, 1.165) is 0 Å². The van der Waals surface area contributed by atoms with E-state index in [1.54, 1.807) is 19.1 Å². The Morgan fingerprint density at radius 2 is 1.74 bits per heavy atom. The topological polar surface area (TPSA) is 192 Å². The zero-order valence-electron chi connectivity index (χ0n) is 21.8. The molecule has 3 N–H and O–H groups in total. The van der Waals surface area contributed by atoms with Crippen LogP contribution in [0.1, 0.15) is 57.3 Å². The Morgan fingerprint density at radius 1 is 1.08 bits per heavy atom. The minimum Gasteiger partial charge on any atom is -0.479 e. The minimum atomic E-state index is -4.16. The average Bonchev–Trinajstić information content (AvgIpc) is 2.83. The number of carboxylic acids is 1. The highest BCUT2D eigenvalue weighted by atomic mass is 32.2. The molecule has 0 heterocycles. The van der Waals surface area contributed by atoms with E-state index in [-0.39, 0.29) is 56.2 Å². The Labute approximate surface area is 221 Å². The van der Waals surface area contributed by atoms with Crippen LogP contribution in [0, 0.1) is 5.41 Å². The summed E-state index contributed by atoms with van der Waals surface area (Å²) in [6, 6.07) is 5.89. The van der Waals surface area contributed by atoms with Gasteiger partial charge in [0.15, 0.2) is 6.10 Å². The highest BCUT2D eigenvalue weighted by Crippen LogP contribution is 2.32. The van der Waals surface area contributed by atoms with Gasteiger partial charge in [0, 0.05) is 18.9 Å². The number of para-hydroxylation sites is 1. The lowest BCUT2D eigenvalue weighted by Gasteiger charge is -2.35. The fourth-order valence-electron chi connectivity index (χ4n) is 3.25. The van der Waals surface area contributed by atoms with E-state index in [1.165, 1.54) is 32.9 Å². The van der Waals surface area contributed by atoms with Gasteiger partial charge in [-0.3, -0.25) is 8.98 Å². The number of amides is 1. The summed E-state index contributed by atoms with van der Waals surface area (Å²) in [4.78, 5) is 46.5. The van der Waals surface area contributed by atoms with Crippen molar-refractivity contribution in [3.05, 3.63) is 29.8 Å². The van der Waals surface area contributed by atoms with Gasteiger partial charge in [-0.05, 0) is 38.3 Å². The molecule has 0 aliphatic carbocycles. The van der Waals surface area contributed by atoms with Crippen molar-refractivity contribution >= 4 is 34.1 Å². The third-order valence-electron chi connectivity index (χ3n) is 5.38. The van der Waals surface area contributed by atoms with Gasteiger partial charge in [0.1, 0.15) is 11.3 Å². The summed E-state index contributed by atoms with van der Waals surface area (Å²) in [5.41, 5.74) is -1.52. The first kappa shape index (κ1) is 32.8. The summed E-state index contributed by atoms with van der Waals surface area (Å²) in [5.74, 6) is -3.10. The van der Waals surface area contributed by atoms with E-state index in [9.17, 15) is 37.8 Å². The second-order valence-electron chi connectivity index (χ2n) is 8.80. The first-order valence-electron chi connectivity index (χ1n) is 11.9. The van der Waals surface area contributed by atoms with Crippen molar-refractivity contribution in [2.24, 2.45) is 5.41 Å². The van der Waals surface area contributed by atoms with Crippen LogP contribution in [-0.2, 0) is 33.4 Å². The molecule has 0 aliphatic heterocycles. The van der Waals surface area contributed by atoms with Gasteiger partial charge in [-0.2, -0.15) is 8.42 Å². The molecule has 0 aromatic heterocycles. The highest BCUT2D eigenvalue weighted by molar-refractivity contribution is 7.86. The van der Waals surface area contributed by atoms with Crippen LogP contribution < -0.4 is 10.1 Å². The number of hydrogen-bond donors (Lipinski definition) is 3. The molecule has 1 rings (SSSR count). The third kappa shape index (κ3) is 11.0. The number of rotatable bonds is 16. The van der Waals surface area contributed by atoms with Gasteiger partial charge in [-0.1, -0.05) is 26.0 Å². The van der Waals surface area contributed by atoms with Crippen LogP contribution in [0.25, 0.3) is 0 Å². The standard InChI is InChI=1S/C24H35NO12S/c1-5-34-22(30)17-10-6-7-11-18(17)36-23(31)35-14-8-12-19(24(3,4)20(27)21(28)29)37-38(32,33)15-9-13-25-16(2)26/h6-7,10-11,19-20,27H,5,8-9,12-15H2,1-4H3,(H,25,26)(H,28,29)/t19?,20-/m0/s1. The normalized spacial score (nSPS) is 13.2. The Bertz CT molecular complexity index is 1070. The monoisotopic (exact) mass is 561 g/mol. The van der Waals surface area contributed by atoms with Gasteiger partial charge in [0.25, 0.3) is 10.1 Å². The van der Waals surface area contributed by atoms with Crippen molar-refractivity contribution in [3.63, 3.8) is 0 Å². The number of hydrogen-bond acceptors (Lipinski definition) is 11. The molecule has 0 spiro atoms. The molecule has 1 unspecified atom stereocenters. The molecule has 2 atom stereocenters. The number of carboxylic acid groups (broad SMARTS) is 1. The summed E-state index contributed by atoms with van der Waals surface area (Å²) in [6.45, 7) is 5.55. The van der Waals surface area contributed by atoms with E-state index >= 15 is 0 Å². The molecule has 0 bridgehead atoms. The molecule has 38 heavy (non-hydrogen) atoms. The second kappa shape index (κ2) is 15.2. The first-order chi connectivity index (χ1) is 17.7. The maximum atomic E-state index is 12.5. The van der Waals surface area contributed by atoms with Crippen molar-refractivity contribution in [3.8, 4) is 5.75 Å². The molecule has 14 heteroatoms. The van der Waals surface area contributed by atoms with Crippen molar-refractivity contribution in [1.82, 2.24) is 5.32 Å². The lowest BCUT2D eigenvalue weighted by Crippen LogP contribution is -2.47. The molecule has 1 aromatic carbocycles. The largest absolute Gasteiger partial charge is 0.513 e. The highest BCUT2D eigenvalue weighted by Gasteiger charge is 2.43. The Hall–Kier alpha value is -3.23. The van der Waals surface area contributed by atoms with Crippen LogP contribution in [0.5, 0.6) is 5.75 Å². The SMILES string of the molecule is CCOC(=O)c1ccccc1OC(=O)OCCCC(OS(=O)(=O)CCCNC(C)=O)C(C)(C)[C@@H](O)C(=O)O. The van der Waals surface area contributed by atoms with E-state index < -0.39 is 51.6 Å². The van der Waals surface area contributed by atoms with E-state index in [1.807, 2.05) is 0 Å². The van der Waals surface area contributed by atoms with Crippen LogP contribution in [0.3, 0.4) is 0 Å². The fraction of sp³-hybridized carbons (Fsp3) is 0.583. The van der Waals surface area contributed by atoms with Crippen LogP contribution in [-0.4, -0.2) is 80.4 Å². The molecule has 214 valence electrons. The predicted octanol–water partition coefficient (Wildman–Crippen LogP) is 1.87. The van der Waals surface area contributed by atoms with Crippen molar-refractivity contribution in [2.45, 2.75) is 59.2 Å². The van der Waals surface area contributed by atoms with Gasteiger partial charge in [0.05, 0.1) is 25.1 Å². The number of aliphatic carboxylic acids is 1. The maximum Gasteiger partial charge on any atom is 0.513 e. The van der Waals surface area contributed by atoms with Crippen molar-refractivity contribution in [2.75, 3.05) is 25.5 Å². The molecule has 1 amide bonds. The Morgan fingerprint density at radius 3 is 2.34 bits per heavy atom. The number of carbonyl (C=O) groups is 4. The number of aliphatic hydroxyl groups excluding tert-OH is 1. The molecule has 0 radical (unpaired) electrons. The van der Waals surface area contributed by atoms with Gasteiger partial charge < -0.3 is 29.7 Å².